The third-order valence-corrected chi connectivity index (χ3v) is 2.88. The van der Waals surface area contributed by atoms with Gasteiger partial charge in [0.25, 0.3) is 0 Å². The summed E-state index contributed by atoms with van der Waals surface area (Å²) < 4.78 is 10.3. The molecule has 1 saturated carbocycles. The molecule has 0 N–H and O–H groups in total. The molecule has 3 nitrogen and oxygen atoms in total. The molecule has 1 saturated heterocycles. The molecular formula is C10H16O3. The summed E-state index contributed by atoms with van der Waals surface area (Å²) in [6.07, 6.45) is 2.31. The SMILES string of the molecule is CC1(C)CC2CC(C)(C1)OC(=O)O2. The zero-order valence-electron chi connectivity index (χ0n) is 8.42. The maximum absolute atomic E-state index is 11.0. The minimum atomic E-state index is -0.491. The minimum absolute atomic E-state index is 0.0648. The van der Waals surface area contributed by atoms with Gasteiger partial charge in [-0.3, -0.25) is 0 Å². The van der Waals surface area contributed by atoms with E-state index in [1.807, 2.05) is 6.92 Å². The van der Waals surface area contributed by atoms with E-state index in [4.69, 9.17) is 9.47 Å². The lowest BCUT2D eigenvalue weighted by Gasteiger charge is -2.48. The van der Waals surface area contributed by atoms with E-state index < -0.39 is 6.16 Å². The lowest BCUT2D eigenvalue weighted by molar-refractivity contribution is -0.157. The topological polar surface area (TPSA) is 35.5 Å². The van der Waals surface area contributed by atoms with Crippen molar-refractivity contribution in [3.8, 4) is 0 Å². The minimum Gasteiger partial charge on any atom is -0.431 e. The summed E-state index contributed by atoms with van der Waals surface area (Å²) in [5, 5.41) is 0. The fraction of sp³-hybridized carbons (Fsp3) is 0.900. The fourth-order valence-corrected chi connectivity index (χ4v) is 2.85. The van der Waals surface area contributed by atoms with Crippen molar-refractivity contribution in [2.75, 3.05) is 0 Å². The van der Waals surface area contributed by atoms with E-state index in [-0.39, 0.29) is 17.1 Å². The Hall–Kier alpha value is -0.730. The Kier molecular flexibility index (Phi) is 1.63. The Morgan fingerprint density at radius 2 is 2.00 bits per heavy atom. The number of fused-ring (bicyclic) bond motifs is 2. The Balaban J connectivity index is 2.22. The van der Waals surface area contributed by atoms with Crippen molar-refractivity contribution in [2.24, 2.45) is 5.41 Å². The van der Waals surface area contributed by atoms with Crippen LogP contribution in [0.25, 0.3) is 0 Å². The highest BCUT2D eigenvalue weighted by Crippen LogP contribution is 2.46. The first-order chi connectivity index (χ1) is 5.89. The summed E-state index contributed by atoms with van der Waals surface area (Å²) in [5.74, 6) is 0. The van der Waals surface area contributed by atoms with Gasteiger partial charge < -0.3 is 9.47 Å². The third-order valence-electron chi connectivity index (χ3n) is 2.88. The lowest BCUT2D eigenvalue weighted by Crippen LogP contribution is -2.51. The molecule has 2 atom stereocenters. The van der Waals surface area contributed by atoms with Crippen LogP contribution in [0.5, 0.6) is 0 Å². The van der Waals surface area contributed by atoms with Crippen LogP contribution in [-0.2, 0) is 9.47 Å². The van der Waals surface area contributed by atoms with E-state index in [9.17, 15) is 4.79 Å². The molecule has 0 radical (unpaired) electrons. The molecule has 2 aliphatic rings. The Morgan fingerprint density at radius 1 is 1.31 bits per heavy atom. The first-order valence-corrected chi connectivity index (χ1v) is 4.78. The fourth-order valence-electron chi connectivity index (χ4n) is 2.85. The molecule has 0 amide bonds. The van der Waals surface area contributed by atoms with Gasteiger partial charge in [0.05, 0.1) is 0 Å². The second-order valence-electron chi connectivity index (χ2n) is 5.29. The van der Waals surface area contributed by atoms with E-state index in [1.54, 1.807) is 0 Å². The van der Waals surface area contributed by atoms with Crippen molar-refractivity contribution < 1.29 is 14.3 Å². The highest BCUT2D eigenvalue weighted by molar-refractivity contribution is 5.62. The van der Waals surface area contributed by atoms with Crippen LogP contribution >= 0.6 is 0 Å². The lowest BCUT2D eigenvalue weighted by atomic mass is 9.69. The molecule has 0 aromatic carbocycles. The number of ether oxygens (including phenoxy) is 2. The van der Waals surface area contributed by atoms with E-state index in [1.165, 1.54) is 0 Å². The first kappa shape index (κ1) is 8.85. The Morgan fingerprint density at radius 3 is 2.62 bits per heavy atom. The van der Waals surface area contributed by atoms with Crippen LogP contribution in [-0.4, -0.2) is 17.9 Å². The molecule has 0 aromatic heterocycles. The van der Waals surface area contributed by atoms with Crippen LogP contribution in [0.1, 0.15) is 40.0 Å². The van der Waals surface area contributed by atoms with Gasteiger partial charge in [-0.1, -0.05) is 13.8 Å². The van der Waals surface area contributed by atoms with Gasteiger partial charge in [-0.05, 0) is 25.2 Å². The van der Waals surface area contributed by atoms with Gasteiger partial charge in [-0.2, -0.15) is 0 Å². The number of hydrogen-bond acceptors (Lipinski definition) is 3. The van der Waals surface area contributed by atoms with Crippen LogP contribution in [0.3, 0.4) is 0 Å². The van der Waals surface area contributed by atoms with Crippen molar-refractivity contribution >= 4 is 6.16 Å². The molecule has 3 heteroatoms. The van der Waals surface area contributed by atoms with Crippen LogP contribution in [0.4, 0.5) is 4.79 Å². The molecule has 2 unspecified atom stereocenters. The van der Waals surface area contributed by atoms with Gasteiger partial charge in [0, 0.05) is 6.42 Å². The van der Waals surface area contributed by atoms with Gasteiger partial charge in [-0.25, -0.2) is 4.79 Å². The maximum atomic E-state index is 11.0. The first-order valence-electron chi connectivity index (χ1n) is 4.78. The zero-order valence-corrected chi connectivity index (χ0v) is 8.42. The summed E-state index contributed by atoms with van der Waals surface area (Å²) in [6.45, 7) is 6.39. The summed E-state index contributed by atoms with van der Waals surface area (Å²) >= 11 is 0. The number of rotatable bonds is 0. The average Bonchev–Trinajstić information content (AvgIpc) is 1.75. The Bertz CT molecular complexity index is 245. The van der Waals surface area contributed by atoms with E-state index >= 15 is 0 Å². The molecule has 2 fully saturated rings. The summed E-state index contributed by atoms with van der Waals surface area (Å²) in [7, 11) is 0. The molecule has 1 heterocycles. The molecule has 0 aromatic rings. The van der Waals surface area contributed by atoms with Gasteiger partial charge in [0.2, 0.25) is 0 Å². The molecular weight excluding hydrogens is 168 g/mol. The van der Waals surface area contributed by atoms with Gasteiger partial charge >= 0.3 is 6.16 Å². The highest BCUT2D eigenvalue weighted by atomic mass is 16.7. The van der Waals surface area contributed by atoms with Gasteiger partial charge in [-0.15, -0.1) is 0 Å². The quantitative estimate of drug-likeness (QED) is 0.542. The maximum Gasteiger partial charge on any atom is 0.509 e. The van der Waals surface area contributed by atoms with Crippen molar-refractivity contribution in [3.63, 3.8) is 0 Å². The predicted molar refractivity (Wildman–Crippen MR) is 47.4 cm³/mol. The van der Waals surface area contributed by atoms with Crippen molar-refractivity contribution in [3.05, 3.63) is 0 Å². The molecule has 1 aliphatic carbocycles. The molecule has 74 valence electrons. The Labute approximate surface area is 78.4 Å². The second kappa shape index (κ2) is 2.40. The smallest absolute Gasteiger partial charge is 0.431 e. The largest absolute Gasteiger partial charge is 0.509 e. The van der Waals surface area contributed by atoms with E-state index in [0.29, 0.717) is 0 Å². The van der Waals surface area contributed by atoms with Gasteiger partial charge in [0.1, 0.15) is 11.7 Å². The summed E-state index contributed by atoms with van der Waals surface area (Å²) in [5.41, 5.74) is -0.0693. The monoisotopic (exact) mass is 184 g/mol. The van der Waals surface area contributed by atoms with Crippen LogP contribution < -0.4 is 0 Å². The van der Waals surface area contributed by atoms with Crippen molar-refractivity contribution in [1.82, 2.24) is 0 Å². The highest BCUT2D eigenvalue weighted by Gasteiger charge is 2.48. The van der Waals surface area contributed by atoms with Crippen molar-refractivity contribution in [2.45, 2.75) is 51.7 Å². The van der Waals surface area contributed by atoms with Gasteiger partial charge in [0.15, 0.2) is 0 Å². The van der Waals surface area contributed by atoms with E-state index in [2.05, 4.69) is 13.8 Å². The third kappa shape index (κ3) is 1.64. The number of carbonyl (C=O) groups excluding carboxylic acids is 1. The number of hydrogen-bond donors (Lipinski definition) is 0. The van der Waals surface area contributed by atoms with Crippen LogP contribution in [0.15, 0.2) is 0 Å². The van der Waals surface area contributed by atoms with Crippen LogP contribution in [0, 0.1) is 5.41 Å². The standard InChI is InChI=1S/C10H16O3/c1-9(2)4-7-5-10(3,6-9)13-8(11)12-7/h7H,4-6H2,1-3H3. The molecule has 1 aliphatic heterocycles. The molecule has 2 bridgehead atoms. The van der Waals surface area contributed by atoms with E-state index in [0.717, 1.165) is 19.3 Å². The van der Waals surface area contributed by atoms with Crippen LogP contribution in [0.2, 0.25) is 0 Å². The summed E-state index contributed by atoms with van der Waals surface area (Å²) in [6, 6.07) is 0. The molecule has 2 rings (SSSR count). The molecule has 0 spiro atoms. The average molecular weight is 184 g/mol. The predicted octanol–water partition coefficient (Wildman–Crippen LogP) is 2.49. The zero-order chi connectivity index (χ0) is 9.69. The van der Waals surface area contributed by atoms with Crippen molar-refractivity contribution in [1.29, 1.82) is 0 Å². The normalized spacial score (nSPS) is 42.1. The second-order valence-corrected chi connectivity index (χ2v) is 5.29. The number of carbonyl (C=O) groups is 1. The molecule has 13 heavy (non-hydrogen) atoms. The summed E-state index contributed by atoms with van der Waals surface area (Å²) in [4.78, 5) is 11.0.